The highest BCUT2D eigenvalue weighted by molar-refractivity contribution is 8.18. The van der Waals surface area contributed by atoms with E-state index in [1.165, 1.54) is 25.1 Å². The average Bonchev–Trinajstić information content (AvgIpc) is 3.19. The zero-order valence-electron chi connectivity index (χ0n) is 19.2. The van der Waals surface area contributed by atoms with Crippen molar-refractivity contribution in [1.82, 2.24) is 20.4 Å². The summed E-state index contributed by atoms with van der Waals surface area (Å²) in [6.45, 7) is 7.77. The van der Waals surface area contributed by atoms with Gasteiger partial charge in [0.2, 0.25) is 0 Å². The SMILES string of the molecule is CCCCN1CCN(c2ccc(-c3cnnc4ccc(C=C5SC(=O)NC5=O)cc34)cc2)CC1. The molecule has 2 saturated heterocycles. The molecule has 2 aliphatic rings. The van der Waals surface area contributed by atoms with Crippen molar-refractivity contribution in [3.8, 4) is 11.1 Å². The van der Waals surface area contributed by atoms with Crippen LogP contribution in [0.4, 0.5) is 10.5 Å². The molecule has 0 atom stereocenters. The number of unbranched alkanes of at least 4 members (excludes halogenated alkanes) is 1. The van der Waals surface area contributed by atoms with Crippen LogP contribution in [0.15, 0.2) is 53.6 Å². The zero-order chi connectivity index (χ0) is 23.5. The fraction of sp³-hybridized carbons (Fsp3) is 0.308. The van der Waals surface area contributed by atoms with Gasteiger partial charge in [-0.25, -0.2) is 0 Å². The molecule has 1 N–H and O–H groups in total. The molecule has 7 nitrogen and oxygen atoms in total. The van der Waals surface area contributed by atoms with Crippen LogP contribution in [0.25, 0.3) is 28.1 Å². The van der Waals surface area contributed by atoms with Crippen LogP contribution in [0.1, 0.15) is 25.3 Å². The summed E-state index contributed by atoms with van der Waals surface area (Å²) in [6, 6.07) is 14.4. The van der Waals surface area contributed by atoms with Crippen molar-refractivity contribution in [2.75, 3.05) is 37.6 Å². The molecular formula is C26H27N5O2S. The topological polar surface area (TPSA) is 78.4 Å². The molecule has 0 radical (unpaired) electrons. The number of piperazine rings is 1. The predicted molar refractivity (Wildman–Crippen MR) is 138 cm³/mol. The van der Waals surface area contributed by atoms with E-state index in [0.717, 1.165) is 65.5 Å². The summed E-state index contributed by atoms with van der Waals surface area (Å²) in [7, 11) is 0. The third kappa shape index (κ3) is 4.83. The molecule has 174 valence electrons. The molecule has 0 saturated carbocycles. The summed E-state index contributed by atoms with van der Waals surface area (Å²) in [4.78, 5) is 28.8. The lowest BCUT2D eigenvalue weighted by Crippen LogP contribution is -2.46. The summed E-state index contributed by atoms with van der Waals surface area (Å²) >= 11 is 0.919. The second-order valence-electron chi connectivity index (χ2n) is 8.62. The van der Waals surface area contributed by atoms with Crippen molar-refractivity contribution in [3.05, 3.63) is 59.1 Å². The lowest BCUT2D eigenvalue weighted by atomic mass is 10.0. The number of carbonyl (C=O) groups excluding carboxylic acids is 2. The molecule has 8 heteroatoms. The van der Waals surface area contributed by atoms with E-state index in [4.69, 9.17) is 0 Å². The van der Waals surface area contributed by atoms with E-state index >= 15 is 0 Å². The summed E-state index contributed by atoms with van der Waals surface area (Å²) < 4.78 is 0. The maximum atomic E-state index is 11.9. The van der Waals surface area contributed by atoms with Crippen LogP contribution in [0.5, 0.6) is 0 Å². The van der Waals surface area contributed by atoms with Gasteiger partial charge in [0.15, 0.2) is 0 Å². The molecule has 2 fully saturated rings. The third-order valence-corrected chi connectivity index (χ3v) is 7.16. The predicted octanol–water partition coefficient (Wildman–Crippen LogP) is 4.54. The van der Waals surface area contributed by atoms with Gasteiger partial charge in [-0.15, -0.1) is 0 Å². The Morgan fingerprint density at radius 3 is 2.56 bits per heavy atom. The molecule has 2 amide bonds. The van der Waals surface area contributed by atoms with Crippen LogP contribution >= 0.6 is 11.8 Å². The van der Waals surface area contributed by atoms with Crippen molar-refractivity contribution < 1.29 is 9.59 Å². The zero-order valence-corrected chi connectivity index (χ0v) is 20.0. The lowest BCUT2D eigenvalue weighted by molar-refractivity contribution is -0.115. The van der Waals surface area contributed by atoms with Crippen LogP contribution in [-0.2, 0) is 4.79 Å². The molecule has 1 aromatic heterocycles. The first kappa shape index (κ1) is 22.6. The fourth-order valence-corrected chi connectivity index (χ4v) is 5.11. The van der Waals surface area contributed by atoms with Crippen LogP contribution in [0, 0.1) is 0 Å². The Hall–Kier alpha value is -3.23. The van der Waals surface area contributed by atoms with Crippen molar-refractivity contribution in [3.63, 3.8) is 0 Å². The van der Waals surface area contributed by atoms with Crippen molar-refractivity contribution in [1.29, 1.82) is 0 Å². The number of carbonyl (C=O) groups is 2. The van der Waals surface area contributed by atoms with Gasteiger partial charge in [0.1, 0.15) is 0 Å². The first-order valence-corrected chi connectivity index (χ1v) is 12.5. The van der Waals surface area contributed by atoms with Crippen molar-refractivity contribution in [2.24, 2.45) is 0 Å². The Morgan fingerprint density at radius 2 is 1.85 bits per heavy atom. The maximum absolute atomic E-state index is 11.9. The first-order chi connectivity index (χ1) is 16.6. The fourth-order valence-electron chi connectivity index (χ4n) is 4.43. The van der Waals surface area contributed by atoms with Gasteiger partial charge < -0.3 is 4.90 Å². The molecule has 0 aliphatic carbocycles. The van der Waals surface area contributed by atoms with E-state index in [-0.39, 0.29) is 11.1 Å². The second kappa shape index (κ2) is 9.95. The van der Waals surface area contributed by atoms with Crippen LogP contribution < -0.4 is 10.2 Å². The quantitative estimate of drug-likeness (QED) is 0.527. The number of thioether (sulfide) groups is 1. The average molecular weight is 474 g/mol. The van der Waals surface area contributed by atoms with Crippen LogP contribution in [0.2, 0.25) is 0 Å². The van der Waals surface area contributed by atoms with E-state index in [1.807, 2.05) is 18.2 Å². The Balaban J connectivity index is 1.37. The largest absolute Gasteiger partial charge is 0.369 e. The number of nitrogens with zero attached hydrogens (tertiary/aromatic N) is 4. The Bertz CT molecular complexity index is 1250. The highest BCUT2D eigenvalue weighted by Crippen LogP contribution is 2.31. The van der Waals surface area contributed by atoms with Gasteiger partial charge in [-0.05, 0) is 66.2 Å². The summed E-state index contributed by atoms with van der Waals surface area (Å²) in [6.07, 6.45) is 6.03. The molecule has 0 spiro atoms. The van der Waals surface area contributed by atoms with Gasteiger partial charge >= 0.3 is 0 Å². The lowest BCUT2D eigenvalue weighted by Gasteiger charge is -2.36. The summed E-state index contributed by atoms with van der Waals surface area (Å²) in [5.74, 6) is -0.357. The highest BCUT2D eigenvalue weighted by atomic mass is 32.2. The molecule has 0 bridgehead atoms. The number of hydrogen-bond donors (Lipinski definition) is 1. The van der Waals surface area contributed by atoms with Gasteiger partial charge in [0.05, 0.1) is 16.6 Å². The second-order valence-corrected chi connectivity index (χ2v) is 9.63. The number of rotatable bonds is 6. The Kier molecular flexibility index (Phi) is 6.60. The molecule has 2 aromatic carbocycles. The number of benzene rings is 2. The highest BCUT2D eigenvalue weighted by Gasteiger charge is 2.25. The molecular weight excluding hydrogens is 446 g/mol. The number of anilines is 1. The monoisotopic (exact) mass is 473 g/mol. The minimum absolute atomic E-state index is 0.342. The maximum Gasteiger partial charge on any atom is 0.290 e. The first-order valence-electron chi connectivity index (χ1n) is 11.7. The minimum Gasteiger partial charge on any atom is -0.369 e. The van der Waals surface area contributed by atoms with Gasteiger partial charge in [-0.3, -0.25) is 19.8 Å². The number of imide groups is 1. The van der Waals surface area contributed by atoms with Crippen molar-refractivity contribution in [2.45, 2.75) is 19.8 Å². The molecule has 2 aliphatic heterocycles. The van der Waals surface area contributed by atoms with Crippen LogP contribution in [0.3, 0.4) is 0 Å². The van der Waals surface area contributed by atoms with E-state index in [9.17, 15) is 9.59 Å². The summed E-state index contributed by atoms with van der Waals surface area (Å²) in [5, 5.41) is 11.4. The molecule has 3 heterocycles. The van der Waals surface area contributed by atoms with Crippen molar-refractivity contribution >= 4 is 45.6 Å². The van der Waals surface area contributed by atoms with E-state index in [0.29, 0.717) is 4.91 Å². The molecule has 5 rings (SSSR count). The van der Waals surface area contributed by atoms with Gasteiger partial charge in [0.25, 0.3) is 11.1 Å². The standard InChI is InChI=1S/C26H27N5O2S/c1-2-3-10-30-11-13-31(14-12-30)20-7-5-19(6-8-20)22-17-27-29-23-9-4-18(15-21(22)23)16-24-25(32)28-26(33)34-24/h4-9,15-17H,2-3,10-14H2,1H3,(H,28,32,33). The van der Waals surface area contributed by atoms with E-state index in [1.54, 1.807) is 12.3 Å². The van der Waals surface area contributed by atoms with E-state index < -0.39 is 0 Å². The number of amides is 2. The normalized spacial score (nSPS) is 18.1. The molecule has 34 heavy (non-hydrogen) atoms. The third-order valence-electron chi connectivity index (χ3n) is 6.35. The Labute approximate surface area is 203 Å². The smallest absolute Gasteiger partial charge is 0.290 e. The number of hydrogen-bond acceptors (Lipinski definition) is 7. The molecule has 3 aromatic rings. The number of nitrogens with one attached hydrogen (secondary N) is 1. The molecule has 0 unspecified atom stereocenters. The van der Waals surface area contributed by atoms with Gasteiger partial charge in [-0.2, -0.15) is 10.2 Å². The Morgan fingerprint density at radius 1 is 1.06 bits per heavy atom. The number of fused-ring (bicyclic) bond motifs is 1. The number of aromatic nitrogens is 2. The summed E-state index contributed by atoms with van der Waals surface area (Å²) in [5.41, 5.74) is 4.92. The van der Waals surface area contributed by atoms with E-state index in [2.05, 4.69) is 56.5 Å². The minimum atomic E-state index is -0.357. The van der Waals surface area contributed by atoms with Gasteiger partial charge in [0, 0.05) is 42.8 Å². The van der Waals surface area contributed by atoms with Crippen LogP contribution in [-0.4, -0.2) is 59.0 Å². The van der Waals surface area contributed by atoms with Gasteiger partial charge in [-0.1, -0.05) is 31.5 Å².